The van der Waals surface area contributed by atoms with Crippen LogP contribution in [0.4, 0.5) is 0 Å². The average Bonchev–Trinajstić information content (AvgIpc) is 3.17. The van der Waals surface area contributed by atoms with Crippen molar-refractivity contribution in [3.05, 3.63) is 59.9 Å². The first-order valence-electron chi connectivity index (χ1n) is 8.26. The Balaban J connectivity index is 1.53. The van der Waals surface area contributed by atoms with Gasteiger partial charge in [0, 0.05) is 30.6 Å². The van der Waals surface area contributed by atoms with Gasteiger partial charge in [0.1, 0.15) is 5.76 Å². The lowest BCUT2D eigenvalue weighted by Crippen LogP contribution is -2.38. The van der Waals surface area contributed by atoms with Crippen molar-refractivity contribution >= 4 is 16.8 Å². The Morgan fingerprint density at radius 2 is 2.00 bits per heavy atom. The number of carbonyl (C=O) groups excluding carboxylic acids is 1. The number of rotatable bonds is 2. The molecule has 1 aliphatic heterocycles. The number of fused-ring (bicyclic) bond motifs is 1. The summed E-state index contributed by atoms with van der Waals surface area (Å²) >= 11 is 0. The molecule has 1 fully saturated rings. The fourth-order valence-corrected chi connectivity index (χ4v) is 3.46. The van der Waals surface area contributed by atoms with Gasteiger partial charge in [-0.3, -0.25) is 9.78 Å². The van der Waals surface area contributed by atoms with E-state index in [4.69, 9.17) is 4.42 Å². The highest BCUT2D eigenvalue weighted by Gasteiger charge is 2.27. The quantitative estimate of drug-likeness (QED) is 0.724. The van der Waals surface area contributed by atoms with Crippen LogP contribution in [0.25, 0.3) is 10.9 Å². The molecule has 3 heterocycles. The third-order valence-corrected chi connectivity index (χ3v) is 4.91. The Labute approximate surface area is 140 Å². The zero-order valence-electron chi connectivity index (χ0n) is 13.6. The maximum atomic E-state index is 12.9. The first kappa shape index (κ1) is 14.9. The van der Waals surface area contributed by atoms with Gasteiger partial charge in [-0.2, -0.15) is 0 Å². The lowest BCUT2D eigenvalue weighted by molar-refractivity contribution is 0.0707. The number of nitrogens with zero attached hydrogens (tertiary/aromatic N) is 3. The summed E-state index contributed by atoms with van der Waals surface area (Å²) in [5.41, 5.74) is 2.63. The number of oxazole rings is 1. The van der Waals surface area contributed by atoms with Gasteiger partial charge >= 0.3 is 0 Å². The summed E-state index contributed by atoms with van der Waals surface area (Å²) < 4.78 is 5.40. The molecule has 1 saturated heterocycles. The summed E-state index contributed by atoms with van der Waals surface area (Å²) in [7, 11) is 0. The molecular formula is C19H19N3O2. The Morgan fingerprint density at radius 1 is 1.21 bits per heavy atom. The summed E-state index contributed by atoms with van der Waals surface area (Å²) in [5.74, 6) is 1.35. The molecule has 3 aromatic rings. The number of hydrogen-bond donors (Lipinski definition) is 0. The number of amides is 1. The normalized spacial score (nSPS) is 15.8. The second-order valence-electron chi connectivity index (χ2n) is 6.28. The van der Waals surface area contributed by atoms with Crippen LogP contribution >= 0.6 is 0 Å². The molecule has 122 valence electrons. The molecule has 0 aliphatic carbocycles. The number of pyridine rings is 1. The zero-order valence-corrected chi connectivity index (χ0v) is 13.6. The van der Waals surface area contributed by atoms with Gasteiger partial charge in [0.2, 0.25) is 0 Å². The second kappa shape index (κ2) is 6.07. The Morgan fingerprint density at radius 3 is 2.75 bits per heavy atom. The summed E-state index contributed by atoms with van der Waals surface area (Å²) in [6.07, 6.45) is 6.76. The number of hydrogen-bond acceptors (Lipinski definition) is 4. The number of piperidine rings is 1. The minimum Gasteiger partial charge on any atom is -0.448 e. The summed E-state index contributed by atoms with van der Waals surface area (Å²) in [4.78, 5) is 23.3. The first-order valence-corrected chi connectivity index (χ1v) is 8.26. The lowest BCUT2D eigenvalue weighted by atomic mass is 9.94. The zero-order chi connectivity index (χ0) is 16.5. The number of benzene rings is 1. The molecule has 0 spiro atoms. The third kappa shape index (κ3) is 2.56. The van der Waals surface area contributed by atoms with Crippen LogP contribution < -0.4 is 0 Å². The molecular weight excluding hydrogens is 302 g/mol. The average molecular weight is 321 g/mol. The van der Waals surface area contributed by atoms with Crippen LogP contribution in [-0.4, -0.2) is 33.9 Å². The summed E-state index contributed by atoms with van der Waals surface area (Å²) in [6.45, 7) is 3.46. The van der Waals surface area contributed by atoms with E-state index in [9.17, 15) is 4.79 Å². The Hall–Kier alpha value is -2.69. The molecule has 0 unspecified atom stereocenters. The summed E-state index contributed by atoms with van der Waals surface area (Å²) in [6, 6.07) is 7.93. The Kier molecular flexibility index (Phi) is 3.76. The number of aromatic nitrogens is 2. The maximum absolute atomic E-state index is 12.9. The highest BCUT2D eigenvalue weighted by atomic mass is 16.3. The molecule has 0 atom stereocenters. The van der Waals surface area contributed by atoms with E-state index in [1.165, 1.54) is 6.39 Å². The van der Waals surface area contributed by atoms with Crippen molar-refractivity contribution in [1.82, 2.24) is 14.9 Å². The third-order valence-electron chi connectivity index (χ3n) is 4.91. The van der Waals surface area contributed by atoms with Crippen LogP contribution in [0.1, 0.15) is 40.4 Å². The van der Waals surface area contributed by atoms with E-state index in [2.05, 4.69) is 9.97 Å². The largest absolute Gasteiger partial charge is 0.448 e. The molecule has 4 rings (SSSR count). The van der Waals surface area contributed by atoms with Crippen LogP contribution in [0.15, 0.2) is 47.5 Å². The monoisotopic (exact) mass is 321 g/mol. The van der Waals surface area contributed by atoms with Crippen molar-refractivity contribution in [2.75, 3.05) is 13.1 Å². The van der Waals surface area contributed by atoms with Crippen LogP contribution in [0.3, 0.4) is 0 Å². The van der Waals surface area contributed by atoms with E-state index in [0.29, 0.717) is 11.5 Å². The van der Waals surface area contributed by atoms with Gasteiger partial charge in [0.25, 0.3) is 5.91 Å². The fraction of sp³-hybridized carbons (Fsp3) is 0.316. The Bertz CT molecular complexity index is 865. The van der Waals surface area contributed by atoms with Gasteiger partial charge in [0.05, 0.1) is 17.3 Å². The molecule has 24 heavy (non-hydrogen) atoms. The number of para-hydroxylation sites is 1. The van der Waals surface area contributed by atoms with Crippen molar-refractivity contribution in [3.63, 3.8) is 0 Å². The SMILES string of the molecule is Cc1c(C(=O)N2CCC(c3cnco3)CC2)cnc2ccccc12. The van der Waals surface area contributed by atoms with Gasteiger partial charge in [-0.25, -0.2) is 4.98 Å². The van der Waals surface area contributed by atoms with Crippen molar-refractivity contribution < 1.29 is 9.21 Å². The molecule has 5 heteroatoms. The molecule has 0 N–H and O–H groups in total. The van der Waals surface area contributed by atoms with E-state index in [1.54, 1.807) is 12.4 Å². The molecule has 2 aromatic heterocycles. The molecule has 1 amide bonds. The predicted molar refractivity (Wildman–Crippen MR) is 90.9 cm³/mol. The molecule has 1 aromatic carbocycles. The van der Waals surface area contributed by atoms with E-state index >= 15 is 0 Å². The van der Waals surface area contributed by atoms with Crippen molar-refractivity contribution in [2.24, 2.45) is 0 Å². The van der Waals surface area contributed by atoms with Crippen LogP contribution in [0.2, 0.25) is 0 Å². The highest BCUT2D eigenvalue weighted by Crippen LogP contribution is 2.29. The molecule has 0 radical (unpaired) electrons. The van der Waals surface area contributed by atoms with Crippen LogP contribution in [0.5, 0.6) is 0 Å². The standard InChI is InChI=1S/C19H19N3O2/c1-13-15-4-2-3-5-17(15)21-10-16(13)19(23)22-8-6-14(7-9-22)18-11-20-12-24-18/h2-5,10-12,14H,6-9H2,1H3. The number of carbonyl (C=O) groups is 1. The predicted octanol–water partition coefficient (Wildman–Crippen LogP) is 3.55. The van der Waals surface area contributed by atoms with E-state index in [1.807, 2.05) is 36.1 Å². The first-order chi connectivity index (χ1) is 11.7. The minimum atomic E-state index is 0.0711. The van der Waals surface area contributed by atoms with Crippen molar-refractivity contribution in [3.8, 4) is 0 Å². The number of likely N-dealkylation sites (tertiary alicyclic amines) is 1. The smallest absolute Gasteiger partial charge is 0.255 e. The van der Waals surface area contributed by atoms with Gasteiger partial charge in [-0.05, 0) is 31.4 Å². The fourth-order valence-electron chi connectivity index (χ4n) is 3.46. The maximum Gasteiger partial charge on any atom is 0.255 e. The van der Waals surface area contributed by atoms with Crippen molar-refractivity contribution in [1.29, 1.82) is 0 Å². The van der Waals surface area contributed by atoms with Crippen LogP contribution in [-0.2, 0) is 0 Å². The lowest BCUT2D eigenvalue weighted by Gasteiger charge is -2.31. The van der Waals surface area contributed by atoms with Gasteiger partial charge in [-0.15, -0.1) is 0 Å². The van der Waals surface area contributed by atoms with Crippen molar-refractivity contribution in [2.45, 2.75) is 25.7 Å². The van der Waals surface area contributed by atoms with Gasteiger partial charge < -0.3 is 9.32 Å². The highest BCUT2D eigenvalue weighted by molar-refractivity contribution is 6.00. The number of aryl methyl sites for hydroxylation is 1. The molecule has 0 bridgehead atoms. The van der Waals surface area contributed by atoms with Gasteiger partial charge in [-0.1, -0.05) is 18.2 Å². The molecule has 1 aliphatic rings. The van der Waals surface area contributed by atoms with Crippen LogP contribution in [0, 0.1) is 6.92 Å². The van der Waals surface area contributed by atoms with E-state index in [-0.39, 0.29) is 5.91 Å². The van der Waals surface area contributed by atoms with E-state index < -0.39 is 0 Å². The molecule has 0 saturated carbocycles. The molecule has 5 nitrogen and oxygen atoms in total. The minimum absolute atomic E-state index is 0.0711. The van der Waals surface area contributed by atoms with E-state index in [0.717, 1.165) is 48.2 Å². The summed E-state index contributed by atoms with van der Waals surface area (Å²) in [5, 5.41) is 1.04. The van der Waals surface area contributed by atoms with Gasteiger partial charge in [0.15, 0.2) is 6.39 Å². The second-order valence-corrected chi connectivity index (χ2v) is 6.28. The topological polar surface area (TPSA) is 59.2 Å².